The van der Waals surface area contributed by atoms with Crippen LogP contribution in [0.2, 0.25) is 0 Å². The first-order chi connectivity index (χ1) is 10.0. The molecule has 1 aromatic carbocycles. The van der Waals surface area contributed by atoms with E-state index in [2.05, 4.69) is 77.1 Å². The maximum absolute atomic E-state index is 3.63. The summed E-state index contributed by atoms with van der Waals surface area (Å²) in [6.07, 6.45) is 1.23. The smallest absolute Gasteiger partial charge is 0.0418 e. The van der Waals surface area contributed by atoms with Crippen LogP contribution in [0.3, 0.4) is 0 Å². The van der Waals surface area contributed by atoms with Crippen molar-refractivity contribution in [1.82, 2.24) is 10.2 Å². The number of benzene rings is 1. The molecular formula is C17H28BrN3. The van der Waals surface area contributed by atoms with Crippen molar-refractivity contribution in [2.45, 2.75) is 39.3 Å². The number of anilines is 1. The average Bonchev–Trinajstić information content (AvgIpc) is 2.60. The molecule has 1 aromatic rings. The van der Waals surface area contributed by atoms with E-state index in [4.69, 9.17) is 0 Å². The van der Waals surface area contributed by atoms with Crippen molar-refractivity contribution >= 4 is 21.6 Å². The molecule has 0 bridgehead atoms. The van der Waals surface area contributed by atoms with Crippen molar-refractivity contribution in [3.05, 3.63) is 28.2 Å². The van der Waals surface area contributed by atoms with Gasteiger partial charge >= 0.3 is 0 Å². The Morgan fingerprint density at radius 3 is 2.86 bits per heavy atom. The number of hydrogen-bond donors (Lipinski definition) is 1. The van der Waals surface area contributed by atoms with E-state index < -0.39 is 0 Å². The van der Waals surface area contributed by atoms with Gasteiger partial charge in [-0.25, -0.2) is 0 Å². The summed E-state index contributed by atoms with van der Waals surface area (Å²) < 4.78 is 1.16. The van der Waals surface area contributed by atoms with Crippen molar-refractivity contribution in [1.29, 1.82) is 0 Å². The molecule has 21 heavy (non-hydrogen) atoms. The minimum absolute atomic E-state index is 0.371. The van der Waals surface area contributed by atoms with Crippen LogP contribution in [0, 0.1) is 0 Å². The maximum atomic E-state index is 3.63. The Morgan fingerprint density at radius 2 is 2.14 bits per heavy atom. The van der Waals surface area contributed by atoms with Gasteiger partial charge < -0.3 is 15.1 Å². The third-order valence-electron chi connectivity index (χ3n) is 4.32. The third kappa shape index (κ3) is 4.21. The van der Waals surface area contributed by atoms with Crippen molar-refractivity contribution < 1.29 is 0 Å². The second kappa shape index (κ2) is 7.61. The second-order valence-electron chi connectivity index (χ2n) is 6.14. The van der Waals surface area contributed by atoms with Gasteiger partial charge in [0, 0.05) is 35.3 Å². The molecule has 2 atom stereocenters. The van der Waals surface area contributed by atoms with Crippen molar-refractivity contribution in [3.63, 3.8) is 0 Å². The highest BCUT2D eigenvalue weighted by Gasteiger charge is 2.23. The van der Waals surface area contributed by atoms with Gasteiger partial charge in [0.25, 0.3) is 0 Å². The highest BCUT2D eigenvalue weighted by molar-refractivity contribution is 9.10. The highest BCUT2D eigenvalue weighted by atomic mass is 79.9. The Hall–Kier alpha value is -0.580. The first-order valence-electron chi connectivity index (χ1n) is 8.01. The lowest BCUT2D eigenvalue weighted by Gasteiger charge is -2.33. The first kappa shape index (κ1) is 16.8. The molecule has 1 N–H and O–H groups in total. The number of hydrogen-bond acceptors (Lipinski definition) is 3. The molecule has 1 aliphatic rings. The minimum atomic E-state index is 0.371. The van der Waals surface area contributed by atoms with Crippen LogP contribution in [0.4, 0.5) is 5.69 Å². The number of likely N-dealkylation sites (N-methyl/N-ethyl adjacent to an activating group) is 1. The number of nitrogens with zero attached hydrogens (tertiary/aromatic N) is 2. The molecule has 0 spiro atoms. The summed E-state index contributed by atoms with van der Waals surface area (Å²) in [5, 5.41) is 3.55. The van der Waals surface area contributed by atoms with Crippen molar-refractivity contribution in [2.75, 3.05) is 38.1 Å². The molecular weight excluding hydrogens is 326 g/mol. The summed E-state index contributed by atoms with van der Waals surface area (Å²) in [5.41, 5.74) is 2.78. The molecule has 0 aliphatic carbocycles. The summed E-state index contributed by atoms with van der Waals surface area (Å²) in [5.74, 6) is 0. The summed E-state index contributed by atoms with van der Waals surface area (Å²) >= 11 is 3.63. The molecule has 1 fully saturated rings. The van der Waals surface area contributed by atoms with Gasteiger partial charge in [-0.05, 0) is 64.2 Å². The fraction of sp³-hybridized carbons (Fsp3) is 0.647. The largest absolute Gasteiger partial charge is 0.367 e. The van der Waals surface area contributed by atoms with Crippen LogP contribution in [0.5, 0.6) is 0 Å². The van der Waals surface area contributed by atoms with Crippen LogP contribution < -0.4 is 10.2 Å². The fourth-order valence-corrected chi connectivity index (χ4v) is 3.66. The zero-order chi connectivity index (χ0) is 15.4. The molecule has 0 radical (unpaired) electrons. The van der Waals surface area contributed by atoms with Gasteiger partial charge in [0.15, 0.2) is 0 Å². The standard InChI is InChI=1S/C17H28BrN3/c1-5-19-14(3)16-11-15(18)7-8-17(16)21-10-6-9-20(4)12-13(21)2/h7-8,11,13-14,19H,5-6,9-10,12H2,1-4H3. The number of halogens is 1. The Bertz CT molecular complexity index is 463. The Morgan fingerprint density at radius 1 is 1.38 bits per heavy atom. The molecule has 4 heteroatoms. The molecule has 2 unspecified atom stereocenters. The monoisotopic (exact) mass is 353 g/mol. The first-order valence-corrected chi connectivity index (χ1v) is 8.80. The Labute approximate surface area is 137 Å². The van der Waals surface area contributed by atoms with Crippen LogP contribution >= 0.6 is 15.9 Å². The second-order valence-corrected chi connectivity index (χ2v) is 7.06. The third-order valence-corrected chi connectivity index (χ3v) is 4.82. The minimum Gasteiger partial charge on any atom is -0.367 e. The van der Waals surface area contributed by atoms with Crippen LogP contribution in [0.25, 0.3) is 0 Å². The molecule has 1 aliphatic heterocycles. The van der Waals surface area contributed by atoms with E-state index in [9.17, 15) is 0 Å². The molecule has 3 nitrogen and oxygen atoms in total. The zero-order valence-corrected chi connectivity index (χ0v) is 15.3. The molecule has 0 saturated carbocycles. The van der Waals surface area contributed by atoms with E-state index in [1.165, 1.54) is 24.2 Å². The predicted octanol–water partition coefficient (Wildman–Crippen LogP) is 3.65. The summed E-state index contributed by atoms with van der Waals surface area (Å²) in [6, 6.07) is 7.62. The maximum Gasteiger partial charge on any atom is 0.0418 e. The van der Waals surface area contributed by atoms with Gasteiger partial charge in [-0.1, -0.05) is 22.9 Å². The van der Waals surface area contributed by atoms with Crippen molar-refractivity contribution in [3.8, 4) is 0 Å². The fourth-order valence-electron chi connectivity index (χ4n) is 3.28. The van der Waals surface area contributed by atoms with Crippen LogP contribution in [0.1, 0.15) is 38.8 Å². The van der Waals surface area contributed by atoms with Crippen LogP contribution in [-0.2, 0) is 0 Å². The molecule has 118 valence electrons. The molecule has 0 amide bonds. The lowest BCUT2D eigenvalue weighted by molar-refractivity contribution is 0.337. The normalized spacial score (nSPS) is 22.1. The molecule has 0 aromatic heterocycles. The molecule has 1 saturated heterocycles. The lowest BCUT2D eigenvalue weighted by atomic mass is 10.0. The Kier molecular flexibility index (Phi) is 6.08. The molecule has 2 rings (SSSR count). The average molecular weight is 354 g/mol. The zero-order valence-electron chi connectivity index (χ0n) is 13.7. The van der Waals surface area contributed by atoms with Gasteiger partial charge in [-0.2, -0.15) is 0 Å². The van der Waals surface area contributed by atoms with Gasteiger partial charge in [0.2, 0.25) is 0 Å². The van der Waals surface area contributed by atoms with Gasteiger partial charge in [0.1, 0.15) is 0 Å². The van der Waals surface area contributed by atoms with Gasteiger partial charge in [0.05, 0.1) is 0 Å². The van der Waals surface area contributed by atoms with Gasteiger partial charge in [-0.15, -0.1) is 0 Å². The van der Waals surface area contributed by atoms with Gasteiger partial charge in [-0.3, -0.25) is 0 Å². The lowest BCUT2D eigenvalue weighted by Crippen LogP contribution is -2.39. The van der Waals surface area contributed by atoms with E-state index in [1.807, 2.05) is 0 Å². The topological polar surface area (TPSA) is 18.5 Å². The quantitative estimate of drug-likeness (QED) is 0.891. The summed E-state index contributed by atoms with van der Waals surface area (Å²) in [6.45, 7) is 11.2. The Balaban J connectivity index is 2.33. The van der Waals surface area contributed by atoms with E-state index in [0.717, 1.165) is 24.1 Å². The van der Waals surface area contributed by atoms with E-state index in [0.29, 0.717) is 12.1 Å². The molecule has 1 heterocycles. The highest BCUT2D eigenvalue weighted by Crippen LogP contribution is 2.31. The van der Waals surface area contributed by atoms with E-state index in [-0.39, 0.29) is 0 Å². The number of nitrogens with one attached hydrogen (secondary N) is 1. The van der Waals surface area contributed by atoms with Crippen LogP contribution in [-0.4, -0.2) is 44.2 Å². The summed E-state index contributed by atoms with van der Waals surface area (Å²) in [4.78, 5) is 5.02. The van der Waals surface area contributed by atoms with E-state index >= 15 is 0 Å². The summed E-state index contributed by atoms with van der Waals surface area (Å²) in [7, 11) is 2.23. The van der Waals surface area contributed by atoms with Crippen LogP contribution in [0.15, 0.2) is 22.7 Å². The SMILES string of the molecule is CCNC(C)c1cc(Br)ccc1N1CCCN(C)CC1C. The van der Waals surface area contributed by atoms with E-state index in [1.54, 1.807) is 0 Å². The predicted molar refractivity (Wildman–Crippen MR) is 95.2 cm³/mol. The van der Waals surface area contributed by atoms with Crippen molar-refractivity contribution in [2.24, 2.45) is 0 Å². The number of rotatable bonds is 4.